The minimum absolute atomic E-state index is 0.0328. The van der Waals surface area contributed by atoms with Gasteiger partial charge in [0.25, 0.3) is 0 Å². The molecule has 0 aliphatic rings. The smallest absolute Gasteiger partial charge is 0.339 e. The number of methoxy groups -OCH3 is 1. The SMILES string of the molecule is COC(=O)c1cc(Br)c(C(=O)[O-])cc1Br. The molecule has 0 bridgehead atoms. The number of carboxylic acids is 1. The van der Waals surface area contributed by atoms with E-state index < -0.39 is 11.9 Å². The summed E-state index contributed by atoms with van der Waals surface area (Å²) in [6.07, 6.45) is 0. The van der Waals surface area contributed by atoms with Crippen LogP contribution in [0, 0.1) is 0 Å². The molecule has 0 aromatic heterocycles. The predicted octanol–water partition coefficient (Wildman–Crippen LogP) is 1.36. The summed E-state index contributed by atoms with van der Waals surface area (Å²) in [5.41, 5.74) is 0.212. The molecule has 0 aliphatic carbocycles. The highest BCUT2D eigenvalue weighted by atomic mass is 79.9. The van der Waals surface area contributed by atoms with Crippen LogP contribution in [0.1, 0.15) is 20.7 Å². The van der Waals surface area contributed by atoms with Gasteiger partial charge in [0.05, 0.1) is 18.6 Å². The van der Waals surface area contributed by atoms with Gasteiger partial charge in [0, 0.05) is 14.5 Å². The molecule has 4 nitrogen and oxygen atoms in total. The fourth-order valence-electron chi connectivity index (χ4n) is 0.970. The average Bonchev–Trinajstić information content (AvgIpc) is 2.19. The summed E-state index contributed by atoms with van der Waals surface area (Å²) in [7, 11) is 1.25. The number of hydrogen-bond acceptors (Lipinski definition) is 4. The topological polar surface area (TPSA) is 66.4 Å². The largest absolute Gasteiger partial charge is 0.545 e. The lowest BCUT2D eigenvalue weighted by atomic mass is 10.1. The molecule has 0 fully saturated rings. The van der Waals surface area contributed by atoms with Gasteiger partial charge in [-0.1, -0.05) is 15.9 Å². The van der Waals surface area contributed by atoms with Gasteiger partial charge < -0.3 is 14.6 Å². The summed E-state index contributed by atoms with van der Waals surface area (Å²) in [4.78, 5) is 21.9. The van der Waals surface area contributed by atoms with Crippen LogP contribution >= 0.6 is 31.9 Å². The molecule has 0 radical (unpaired) electrons. The summed E-state index contributed by atoms with van der Waals surface area (Å²) >= 11 is 6.11. The average molecular weight is 337 g/mol. The first-order chi connectivity index (χ1) is 6.97. The molecule has 1 aromatic rings. The normalized spacial score (nSPS) is 9.80. The molecule has 0 aliphatic heterocycles. The summed E-state index contributed by atoms with van der Waals surface area (Å²) in [6, 6.07) is 2.65. The maximum Gasteiger partial charge on any atom is 0.339 e. The number of ether oxygens (including phenoxy) is 1. The quantitative estimate of drug-likeness (QED) is 0.765. The monoisotopic (exact) mass is 335 g/mol. The van der Waals surface area contributed by atoms with Crippen LogP contribution in [0.25, 0.3) is 0 Å². The first-order valence-electron chi connectivity index (χ1n) is 3.76. The molecule has 0 atom stereocenters. The Bertz CT molecular complexity index is 428. The van der Waals surface area contributed by atoms with Gasteiger partial charge in [-0.05, 0) is 28.1 Å². The van der Waals surface area contributed by atoms with Crippen molar-refractivity contribution >= 4 is 43.8 Å². The predicted molar refractivity (Wildman–Crippen MR) is 57.5 cm³/mol. The molecule has 1 rings (SSSR count). The minimum Gasteiger partial charge on any atom is -0.545 e. The molecular weight excluding hydrogens is 332 g/mol. The molecule has 0 amide bonds. The lowest BCUT2D eigenvalue weighted by Gasteiger charge is -2.09. The Morgan fingerprint density at radius 1 is 1.20 bits per heavy atom. The zero-order chi connectivity index (χ0) is 11.6. The van der Waals surface area contributed by atoms with Crippen molar-refractivity contribution in [1.82, 2.24) is 0 Å². The van der Waals surface area contributed by atoms with E-state index in [2.05, 4.69) is 36.6 Å². The maximum absolute atomic E-state index is 11.2. The summed E-state index contributed by atoms with van der Waals surface area (Å²) in [5, 5.41) is 10.6. The fourth-order valence-corrected chi connectivity index (χ4v) is 1.98. The molecule has 80 valence electrons. The Morgan fingerprint density at radius 2 is 1.67 bits per heavy atom. The highest BCUT2D eigenvalue weighted by Gasteiger charge is 2.13. The van der Waals surface area contributed by atoms with Gasteiger partial charge >= 0.3 is 5.97 Å². The van der Waals surface area contributed by atoms with Crippen molar-refractivity contribution in [3.63, 3.8) is 0 Å². The Balaban J connectivity index is 3.31. The van der Waals surface area contributed by atoms with Crippen LogP contribution in [0.15, 0.2) is 21.1 Å². The Morgan fingerprint density at radius 3 is 2.13 bits per heavy atom. The zero-order valence-corrected chi connectivity index (χ0v) is 10.7. The third-order valence-electron chi connectivity index (χ3n) is 1.68. The van der Waals surface area contributed by atoms with Crippen molar-refractivity contribution in [3.8, 4) is 0 Å². The fraction of sp³-hybridized carbons (Fsp3) is 0.111. The van der Waals surface area contributed by atoms with Gasteiger partial charge in [-0.3, -0.25) is 0 Å². The number of carbonyl (C=O) groups excluding carboxylic acids is 2. The number of carboxylic acid groups (broad SMARTS) is 1. The third kappa shape index (κ3) is 2.57. The lowest BCUT2D eigenvalue weighted by molar-refractivity contribution is -0.255. The Hall–Kier alpha value is -0.880. The summed E-state index contributed by atoms with van der Waals surface area (Å²) < 4.78 is 5.13. The maximum atomic E-state index is 11.2. The van der Waals surface area contributed by atoms with E-state index in [-0.39, 0.29) is 15.6 Å². The molecule has 1 aromatic carbocycles. The van der Waals surface area contributed by atoms with Crippen LogP contribution in [-0.4, -0.2) is 19.0 Å². The van der Waals surface area contributed by atoms with E-state index in [1.807, 2.05) is 0 Å². The van der Waals surface area contributed by atoms with Crippen molar-refractivity contribution in [2.75, 3.05) is 7.11 Å². The molecule has 0 N–H and O–H groups in total. The highest BCUT2D eigenvalue weighted by molar-refractivity contribution is 9.11. The second-order valence-corrected chi connectivity index (χ2v) is 4.30. The van der Waals surface area contributed by atoms with Crippen LogP contribution in [0.2, 0.25) is 0 Å². The van der Waals surface area contributed by atoms with Gasteiger partial charge in [-0.15, -0.1) is 0 Å². The van der Waals surface area contributed by atoms with E-state index in [0.29, 0.717) is 4.47 Å². The second kappa shape index (κ2) is 4.76. The number of esters is 1. The van der Waals surface area contributed by atoms with E-state index in [1.54, 1.807) is 0 Å². The highest BCUT2D eigenvalue weighted by Crippen LogP contribution is 2.26. The van der Waals surface area contributed by atoms with Gasteiger partial charge in [0.1, 0.15) is 0 Å². The molecule has 0 heterocycles. The van der Waals surface area contributed by atoms with E-state index in [1.165, 1.54) is 19.2 Å². The van der Waals surface area contributed by atoms with Crippen molar-refractivity contribution in [3.05, 3.63) is 32.2 Å². The standard InChI is InChI=1S/C9H6Br2O4/c1-15-9(14)5-3-6(10)4(8(12)13)2-7(5)11/h2-3H,1H3,(H,12,13)/p-1. The zero-order valence-electron chi connectivity index (χ0n) is 7.54. The molecule has 0 saturated heterocycles. The first-order valence-corrected chi connectivity index (χ1v) is 5.34. The molecule has 15 heavy (non-hydrogen) atoms. The van der Waals surface area contributed by atoms with Gasteiger partial charge in [-0.25, -0.2) is 4.79 Å². The molecule has 0 saturated carbocycles. The second-order valence-electron chi connectivity index (χ2n) is 2.59. The number of benzene rings is 1. The van der Waals surface area contributed by atoms with Crippen LogP contribution < -0.4 is 5.11 Å². The van der Waals surface area contributed by atoms with Crippen molar-refractivity contribution in [2.45, 2.75) is 0 Å². The summed E-state index contributed by atoms with van der Waals surface area (Å²) in [6.45, 7) is 0. The molecule has 6 heteroatoms. The number of carbonyl (C=O) groups is 2. The van der Waals surface area contributed by atoms with Crippen LogP contribution in [0.5, 0.6) is 0 Å². The van der Waals surface area contributed by atoms with E-state index >= 15 is 0 Å². The van der Waals surface area contributed by atoms with Gasteiger partial charge in [0.2, 0.25) is 0 Å². The first kappa shape index (κ1) is 12.2. The van der Waals surface area contributed by atoms with E-state index in [9.17, 15) is 14.7 Å². The van der Waals surface area contributed by atoms with E-state index in [0.717, 1.165) is 0 Å². The molecule has 0 unspecified atom stereocenters. The number of rotatable bonds is 2. The van der Waals surface area contributed by atoms with Gasteiger partial charge in [-0.2, -0.15) is 0 Å². The van der Waals surface area contributed by atoms with Gasteiger partial charge in [0.15, 0.2) is 0 Å². The molecule has 0 spiro atoms. The molecular formula is C9H5Br2O4-. The Kier molecular flexibility index (Phi) is 3.87. The van der Waals surface area contributed by atoms with Crippen molar-refractivity contribution < 1.29 is 19.4 Å². The summed E-state index contributed by atoms with van der Waals surface area (Å²) in [5.74, 6) is -1.87. The number of aromatic carboxylic acids is 1. The Labute approximate surface area is 102 Å². The number of halogens is 2. The van der Waals surface area contributed by atoms with Crippen LogP contribution in [-0.2, 0) is 4.74 Å². The number of hydrogen-bond donors (Lipinski definition) is 0. The third-order valence-corrected chi connectivity index (χ3v) is 2.99. The van der Waals surface area contributed by atoms with Crippen molar-refractivity contribution in [1.29, 1.82) is 0 Å². The van der Waals surface area contributed by atoms with E-state index in [4.69, 9.17) is 0 Å². The van der Waals surface area contributed by atoms with Crippen LogP contribution in [0.3, 0.4) is 0 Å². The van der Waals surface area contributed by atoms with Crippen molar-refractivity contribution in [2.24, 2.45) is 0 Å². The lowest BCUT2D eigenvalue weighted by Crippen LogP contribution is -2.23. The van der Waals surface area contributed by atoms with Crippen LogP contribution in [0.4, 0.5) is 0 Å². The minimum atomic E-state index is -1.32.